The molecule has 5 heteroatoms. The van der Waals surface area contributed by atoms with Crippen LogP contribution in [0.3, 0.4) is 0 Å². The number of pyridine rings is 1. The smallest absolute Gasteiger partial charge is 0.193 e. The summed E-state index contributed by atoms with van der Waals surface area (Å²) in [6.45, 7) is 6.28. The minimum atomic E-state index is 0.665. The minimum Gasteiger partial charge on any atom is -0.312 e. The first-order valence-electron chi connectivity index (χ1n) is 6.34. The fourth-order valence-corrected chi connectivity index (χ4v) is 2.17. The lowest BCUT2D eigenvalue weighted by Gasteiger charge is -2.07. The van der Waals surface area contributed by atoms with E-state index < -0.39 is 0 Å². The van der Waals surface area contributed by atoms with Gasteiger partial charge in [-0.15, -0.1) is 0 Å². The van der Waals surface area contributed by atoms with Crippen LogP contribution < -0.4 is 5.32 Å². The van der Waals surface area contributed by atoms with E-state index in [0.717, 1.165) is 23.3 Å². The van der Waals surface area contributed by atoms with Gasteiger partial charge in [-0.05, 0) is 41.9 Å². The molecular formula is C14H18N4S. The lowest BCUT2D eigenvalue weighted by molar-refractivity contribution is 0.551. The number of hydrogen-bond acceptors (Lipinski definition) is 5. The van der Waals surface area contributed by atoms with Gasteiger partial charge in [-0.2, -0.15) is 0 Å². The maximum Gasteiger partial charge on any atom is 0.193 e. The predicted molar refractivity (Wildman–Crippen MR) is 76.9 cm³/mol. The highest BCUT2D eigenvalue weighted by Crippen LogP contribution is 2.21. The molecule has 19 heavy (non-hydrogen) atoms. The summed E-state index contributed by atoms with van der Waals surface area (Å²) < 4.78 is 0. The van der Waals surface area contributed by atoms with Gasteiger partial charge in [0.1, 0.15) is 5.03 Å². The molecule has 0 atom stereocenters. The Morgan fingerprint density at radius 2 is 1.95 bits per heavy atom. The van der Waals surface area contributed by atoms with Crippen molar-refractivity contribution >= 4 is 11.8 Å². The maximum absolute atomic E-state index is 4.41. The second-order valence-electron chi connectivity index (χ2n) is 4.66. The summed E-state index contributed by atoms with van der Waals surface area (Å²) in [4.78, 5) is 12.7. The van der Waals surface area contributed by atoms with Gasteiger partial charge in [0.2, 0.25) is 0 Å². The molecule has 4 nitrogen and oxygen atoms in total. The molecule has 0 bridgehead atoms. The lowest BCUT2D eigenvalue weighted by atomic mass is 10.2. The molecule has 0 radical (unpaired) electrons. The summed E-state index contributed by atoms with van der Waals surface area (Å²) in [5, 5.41) is 5.04. The fraction of sp³-hybridized carbons (Fsp3) is 0.357. The summed E-state index contributed by atoms with van der Waals surface area (Å²) in [6, 6.07) is 5.90. The van der Waals surface area contributed by atoms with Crippen LogP contribution in [0, 0.1) is 5.92 Å². The van der Waals surface area contributed by atoms with Crippen molar-refractivity contribution in [3.05, 3.63) is 42.4 Å². The summed E-state index contributed by atoms with van der Waals surface area (Å²) in [7, 11) is 0. The van der Waals surface area contributed by atoms with Crippen LogP contribution in [-0.2, 0) is 6.54 Å². The van der Waals surface area contributed by atoms with Crippen molar-refractivity contribution in [2.45, 2.75) is 30.6 Å². The van der Waals surface area contributed by atoms with Crippen molar-refractivity contribution in [2.75, 3.05) is 6.54 Å². The highest BCUT2D eigenvalue weighted by molar-refractivity contribution is 7.99. The Labute approximate surface area is 118 Å². The van der Waals surface area contributed by atoms with Crippen molar-refractivity contribution in [1.29, 1.82) is 0 Å². The highest BCUT2D eigenvalue weighted by Gasteiger charge is 2.01. The Hall–Kier alpha value is -1.46. The Balaban J connectivity index is 1.88. The van der Waals surface area contributed by atoms with E-state index in [4.69, 9.17) is 0 Å². The van der Waals surface area contributed by atoms with Crippen molar-refractivity contribution in [3.8, 4) is 0 Å². The lowest BCUT2D eigenvalue weighted by Crippen LogP contribution is -2.18. The van der Waals surface area contributed by atoms with Gasteiger partial charge in [0.05, 0.1) is 0 Å². The summed E-state index contributed by atoms with van der Waals surface area (Å²) in [6.07, 6.45) is 5.37. The summed E-state index contributed by atoms with van der Waals surface area (Å²) in [5.74, 6) is 0.665. The van der Waals surface area contributed by atoms with Crippen LogP contribution in [0.2, 0.25) is 0 Å². The molecular weight excluding hydrogens is 256 g/mol. The molecule has 2 aromatic rings. The van der Waals surface area contributed by atoms with Gasteiger partial charge in [-0.1, -0.05) is 19.9 Å². The monoisotopic (exact) mass is 274 g/mol. The molecule has 0 fully saturated rings. The molecule has 0 aliphatic heterocycles. The van der Waals surface area contributed by atoms with E-state index in [1.807, 2.05) is 12.3 Å². The van der Waals surface area contributed by atoms with Crippen LogP contribution in [-0.4, -0.2) is 21.5 Å². The molecule has 0 saturated heterocycles. The second-order valence-corrected chi connectivity index (χ2v) is 5.65. The topological polar surface area (TPSA) is 50.7 Å². The Kier molecular flexibility index (Phi) is 5.30. The Bertz CT molecular complexity index is 485. The standard InChI is InChI=1S/C14H18N4S/c1-11(2)8-15-9-12-4-5-13(18-10-12)19-14-16-6-3-7-17-14/h3-7,10-11,15H,8-9H2,1-2H3. The van der Waals surface area contributed by atoms with Crippen LogP contribution in [0.15, 0.2) is 47.0 Å². The third kappa shape index (κ3) is 4.96. The molecule has 0 unspecified atom stereocenters. The maximum atomic E-state index is 4.41. The van der Waals surface area contributed by atoms with E-state index in [-0.39, 0.29) is 0 Å². The molecule has 0 spiro atoms. The fourth-order valence-electron chi connectivity index (χ4n) is 1.51. The van der Waals surface area contributed by atoms with Crippen LogP contribution in [0.5, 0.6) is 0 Å². The zero-order valence-corrected chi connectivity index (χ0v) is 12.0. The van der Waals surface area contributed by atoms with Crippen molar-refractivity contribution < 1.29 is 0 Å². The van der Waals surface area contributed by atoms with Gasteiger partial charge in [0, 0.05) is 25.1 Å². The number of aromatic nitrogens is 3. The van der Waals surface area contributed by atoms with Crippen molar-refractivity contribution in [2.24, 2.45) is 5.92 Å². The zero-order chi connectivity index (χ0) is 13.5. The van der Waals surface area contributed by atoms with Gasteiger partial charge < -0.3 is 5.32 Å². The van der Waals surface area contributed by atoms with Gasteiger partial charge in [0.15, 0.2) is 5.16 Å². The SMILES string of the molecule is CC(C)CNCc1ccc(Sc2ncccn2)nc1. The summed E-state index contributed by atoms with van der Waals surface area (Å²) in [5.41, 5.74) is 1.19. The third-order valence-corrected chi connectivity index (χ3v) is 3.26. The Morgan fingerprint density at radius 3 is 2.58 bits per heavy atom. The summed E-state index contributed by atoms with van der Waals surface area (Å²) >= 11 is 1.47. The molecule has 0 saturated carbocycles. The van der Waals surface area contributed by atoms with E-state index >= 15 is 0 Å². The number of nitrogens with one attached hydrogen (secondary N) is 1. The second kappa shape index (κ2) is 7.21. The van der Waals surface area contributed by atoms with E-state index in [2.05, 4.69) is 40.2 Å². The van der Waals surface area contributed by atoms with Gasteiger partial charge >= 0.3 is 0 Å². The number of nitrogens with zero attached hydrogens (tertiary/aromatic N) is 3. The highest BCUT2D eigenvalue weighted by atomic mass is 32.2. The quantitative estimate of drug-likeness (QED) is 0.821. The molecule has 0 amide bonds. The third-order valence-electron chi connectivity index (χ3n) is 2.42. The van der Waals surface area contributed by atoms with Crippen molar-refractivity contribution in [3.63, 3.8) is 0 Å². The van der Waals surface area contributed by atoms with Gasteiger partial charge in [-0.25, -0.2) is 15.0 Å². The van der Waals surface area contributed by atoms with E-state index in [1.54, 1.807) is 18.5 Å². The number of hydrogen-bond donors (Lipinski definition) is 1. The van der Waals surface area contributed by atoms with E-state index in [1.165, 1.54) is 17.3 Å². The van der Waals surface area contributed by atoms with Gasteiger partial charge in [-0.3, -0.25) is 0 Å². The van der Waals surface area contributed by atoms with E-state index in [0.29, 0.717) is 5.92 Å². The average Bonchev–Trinajstić information content (AvgIpc) is 2.42. The van der Waals surface area contributed by atoms with Crippen LogP contribution in [0.1, 0.15) is 19.4 Å². The van der Waals surface area contributed by atoms with Crippen LogP contribution in [0.4, 0.5) is 0 Å². The molecule has 0 aromatic carbocycles. The molecule has 0 aliphatic rings. The first-order chi connectivity index (χ1) is 9.24. The average molecular weight is 274 g/mol. The number of rotatable bonds is 6. The Morgan fingerprint density at radius 1 is 1.16 bits per heavy atom. The molecule has 2 heterocycles. The predicted octanol–water partition coefficient (Wildman–Crippen LogP) is 2.77. The van der Waals surface area contributed by atoms with E-state index in [9.17, 15) is 0 Å². The first-order valence-corrected chi connectivity index (χ1v) is 7.16. The molecule has 1 N–H and O–H groups in total. The van der Waals surface area contributed by atoms with Crippen LogP contribution in [0.25, 0.3) is 0 Å². The van der Waals surface area contributed by atoms with Gasteiger partial charge in [0.25, 0.3) is 0 Å². The normalized spacial score (nSPS) is 10.9. The van der Waals surface area contributed by atoms with Crippen molar-refractivity contribution in [1.82, 2.24) is 20.3 Å². The van der Waals surface area contributed by atoms with Crippen LogP contribution >= 0.6 is 11.8 Å². The molecule has 0 aliphatic carbocycles. The first kappa shape index (κ1) is 14.0. The minimum absolute atomic E-state index is 0.665. The zero-order valence-electron chi connectivity index (χ0n) is 11.2. The molecule has 2 aromatic heterocycles. The molecule has 2 rings (SSSR count). The molecule has 100 valence electrons. The largest absolute Gasteiger partial charge is 0.312 e.